The largest absolute Gasteiger partial charge is 0.497 e. The van der Waals surface area contributed by atoms with E-state index in [-0.39, 0.29) is 11.9 Å². The fourth-order valence-electron chi connectivity index (χ4n) is 6.30. The third-order valence-corrected chi connectivity index (χ3v) is 8.16. The molecule has 0 N–H and O–H groups in total. The van der Waals surface area contributed by atoms with Gasteiger partial charge < -0.3 is 19.3 Å². The Balaban J connectivity index is 1.30. The second kappa shape index (κ2) is 8.83. The number of pyridine rings is 1. The van der Waals surface area contributed by atoms with Crippen LogP contribution < -0.4 is 9.47 Å². The quantitative estimate of drug-likeness (QED) is 0.545. The first-order valence-corrected chi connectivity index (χ1v) is 12.8. The van der Waals surface area contributed by atoms with Gasteiger partial charge in [-0.1, -0.05) is 12.1 Å². The van der Waals surface area contributed by atoms with Gasteiger partial charge in [-0.2, -0.15) is 5.10 Å². The van der Waals surface area contributed by atoms with E-state index in [0.29, 0.717) is 56.8 Å². The third-order valence-electron chi connectivity index (χ3n) is 8.16. The summed E-state index contributed by atoms with van der Waals surface area (Å²) in [7, 11) is 3.30. The van der Waals surface area contributed by atoms with Crippen LogP contribution in [-0.2, 0) is 13.0 Å². The number of piperidine rings is 1. The lowest BCUT2D eigenvalue weighted by Crippen LogP contribution is -2.54. The van der Waals surface area contributed by atoms with Crippen molar-refractivity contribution >= 4 is 17.5 Å². The second-order valence-electron chi connectivity index (χ2n) is 9.79. The number of methoxy groups -OCH3 is 2. The highest BCUT2D eigenvalue weighted by molar-refractivity contribution is 6.00. The summed E-state index contributed by atoms with van der Waals surface area (Å²) in [6.45, 7) is 4.26. The molecule has 37 heavy (non-hydrogen) atoms. The van der Waals surface area contributed by atoms with Gasteiger partial charge in [-0.15, -0.1) is 0 Å². The minimum absolute atomic E-state index is 0.0145. The molecule has 0 bridgehead atoms. The van der Waals surface area contributed by atoms with E-state index in [9.17, 15) is 9.59 Å². The molecule has 0 aliphatic carbocycles. The minimum Gasteiger partial charge on any atom is -0.497 e. The van der Waals surface area contributed by atoms with Crippen molar-refractivity contribution in [2.45, 2.75) is 38.3 Å². The zero-order valence-corrected chi connectivity index (χ0v) is 21.4. The van der Waals surface area contributed by atoms with E-state index in [4.69, 9.17) is 9.47 Å². The maximum Gasteiger partial charge on any atom is 0.325 e. The molecule has 192 valence electrons. The van der Waals surface area contributed by atoms with Crippen molar-refractivity contribution < 1.29 is 19.1 Å². The molecular formula is C28H31N5O4. The number of likely N-dealkylation sites (tertiary alicyclic amines) is 1. The van der Waals surface area contributed by atoms with Crippen molar-refractivity contribution in [1.82, 2.24) is 24.3 Å². The van der Waals surface area contributed by atoms with Gasteiger partial charge in [0.1, 0.15) is 11.5 Å². The molecule has 3 aliphatic rings. The SMILES string of the molecule is CCN1C(=O)N2Cc3cc(OC)cc(OC)c3CC=C2C12CCN(C(=O)c1cnn3ccccc13)CC2. The van der Waals surface area contributed by atoms with Crippen LogP contribution in [0.25, 0.3) is 5.52 Å². The van der Waals surface area contributed by atoms with E-state index < -0.39 is 5.54 Å². The van der Waals surface area contributed by atoms with E-state index in [2.05, 4.69) is 11.2 Å². The van der Waals surface area contributed by atoms with E-state index in [1.807, 2.05) is 58.2 Å². The highest BCUT2D eigenvalue weighted by Crippen LogP contribution is 2.47. The molecule has 2 saturated heterocycles. The molecule has 2 aromatic heterocycles. The van der Waals surface area contributed by atoms with Crippen LogP contribution in [0.1, 0.15) is 41.3 Å². The average Bonchev–Trinajstić information content (AvgIpc) is 3.36. The first-order chi connectivity index (χ1) is 18.0. The molecule has 1 spiro atoms. The van der Waals surface area contributed by atoms with Crippen LogP contribution in [0.2, 0.25) is 0 Å². The molecule has 3 amide bonds. The van der Waals surface area contributed by atoms with Gasteiger partial charge in [0.05, 0.1) is 43.6 Å². The zero-order valence-electron chi connectivity index (χ0n) is 21.4. The van der Waals surface area contributed by atoms with Crippen LogP contribution in [0, 0.1) is 0 Å². The van der Waals surface area contributed by atoms with Crippen LogP contribution in [0.3, 0.4) is 0 Å². The van der Waals surface area contributed by atoms with Gasteiger partial charge in [0.15, 0.2) is 0 Å². The van der Waals surface area contributed by atoms with Gasteiger partial charge in [0.2, 0.25) is 0 Å². The summed E-state index contributed by atoms with van der Waals surface area (Å²) in [5.74, 6) is 1.47. The van der Waals surface area contributed by atoms with Crippen molar-refractivity contribution in [3.8, 4) is 11.5 Å². The van der Waals surface area contributed by atoms with Crippen molar-refractivity contribution in [3.05, 3.63) is 71.2 Å². The second-order valence-corrected chi connectivity index (χ2v) is 9.79. The van der Waals surface area contributed by atoms with Crippen molar-refractivity contribution in [2.75, 3.05) is 33.9 Å². The Morgan fingerprint density at radius 2 is 1.95 bits per heavy atom. The Morgan fingerprint density at radius 1 is 1.14 bits per heavy atom. The first kappa shape index (κ1) is 23.4. The number of hydrogen-bond acceptors (Lipinski definition) is 5. The van der Waals surface area contributed by atoms with Crippen molar-refractivity contribution in [3.63, 3.8) is 0 Å². The van der Waals surface area contributed by atoms with Gasteiger partial charge in [-0.25, -0.2) is 9.31 Å². The molecule has 0 saturated carbocycles. The fraction of sp³-hybridized carbons (Fsp3) is 0.393. The first-order valence-electron chi connectivity index (χ1n) is 12.8. The molecule has 9 heteroatoms. The number of ether oxygens (including phenoxy) is 2. The number of carbonyl (C=O) groups excluding carboxylic acids is 2. The molecule has 9 nitrogen and oxygen atoms in total. The number of benzene rings is 1. The Kier molecular flexibility index (Phi) is 5.58. The van der Waals surface area contributed by atoms with Crippen LogP contribution >= 0.6 is 0 Å². The lowest BCUT2D eigenvalue weighted by molar-refractivity contribution is 0.0577. The van der Waals surface area contributed by atoms with Gasteiger partial charge in [0.25, 0.3) is 5.91 Å². The Bertz CT molecular complexity index is 1420. The van der Waals surface area contributed by atoms with E-state index in [0.717, 1.165) is 28.1 Å². The summed E-state index contributed by atoms with van der Waals surface area (Å²) in [5, 5.41) is 4.33. The average molecular weight is 502 g/mol. The molecule has 6 rings (SSSR count). The Hall–Kier alpha value is -4.01. The fourth-order valence-corrected chi connectivity index (χ4v) is 6.30. The van der Waals surface area contributed by atoms with Gasteiger partial charge in [-0.3, -0.25) is 9.69 Å². The van der Waals surface area contributed by atoms with Crippen molar-refractivity contribution in [1.29, 1.82) is 0 Å². The predicted molar refractivity (Wildman–Crippen MR) is 138 cm³/mol. The van der Waals surface area contributed by atoms with Crippen LogP contribution in [-0.4, -0.2) is 75.6 Å². The molecule has 3 aliphatic heterocycles. The number of aromatic nitrogens is 2. The smallest absolute Gasteiger partial charge is 0.325 e. The minimum atomic E-state index is -0.428. The molecule has 0 unspecified atom stereocenters. The molecule has 3 aromatic rings. The molecule has 1 aromatic carbocycles. The monoisotopic (exact) mass is 501 g/mol. The number of amides is 3. The molecular weight excluding hydrogens is 470 g/mol. The molecule has 2 fully saturated rings. The molecule has 5 heterocycles. The summed E-state index contributed by atoms with van der Waals surface area (Å²) in [4.78, 5) is 33.0. The van der Waals surface area contributed by atoms with E-state index in [1.165, 1.54) is 0 Å². The predicted octanol–water partition coefficient (Wildman–Crippen LogP) is 3.72. The van der Waals surface area contributed by atoms with Crippen LogP contribution in [0.4, 0.5) is 4.79 Å². The lowest BCUT2D eigenvalue weighted by Gasteiger charge is -2.44. The number of hydrogen-bond donors (Lipinski definition) is 0. The van der Waals surface area contributed by atoms with E-state index >= 15 is 0 Å². The summed E-state index contributed by atoms with van der Waals surface area (Å²) < 4.78 is 12.9. The summed E-state index contributed by atoms with van der Waals surface area (Å²) in [5.41, 5.74) is 4.14. The number of likely N-dealkylation sites (N-methyl/N-ethyl adjacent to an activating group) is 1. The zero-order chi connectivity index (χ0) is 25.7. The number of fused-ring (bicyclic) bond motifs is 4. The highest BCUT2D eigenvalue weighted by Gasteiger charge is 2.54. The van der Waals surface area contributed by atoms with Crippen molar-refractivity contribution in [2.24, 2.45) is 0 Å². The van der Waals surface area contributed by atoms with Gasteiger partial charge in [-0.05, 0) is 49.9 Å². The summed E-state index contributed by atoms with van der Waals surface area (Å²) >= 11 is 0. The standard InChI is InChI=1S/C28H31N5O4/c1-4-32-27(35)31-18-19-15-20(36-2)16-24(37-3)21(19)8-9-25(31)28(32)10-13-30(14-11-28)26(34)22-17-29-33-12-6-5-7-23(22)33/h5-7,9,12,15-17H,4,8,10-11,13-14,18H2,1-3H3. The van der Waals surface area contributed by atoms with Gasteiger partial charge >= 0.3 is 6.03 Å². The maximum atomic E-state index is 13.7. The third kappa shape index (κ3) is 3.48. The van der Waals surface area contributed by atoms with Crippen LogP contribution in [0.15, 0.2) is 54.5 Å². The normalized spacial score (nSPS) is 18.5. The molecule has 0 radical (unpaired) electrons. The lowest BCUT2D eigenvalue weighted by atomic mass is 9.83. The number of rotatable bonds is 4. The number of nitrogens with zero attached hydrogens (tertiary/aromatic N) is 5. The Labute approximate surface area is 215 Å². The van der Waals surface area contributed by atoms with Gasteiger partial charge in [0, 0.05) is 43.2 Å². The number of carbonyl (C=O) groups is 2. The molecule has 0 atom stereocenters. The summed E-state index contributed by atoms with van der Waals surface area (Å²) in [6.07, 6.45) is 7.74. The Morgan fingerprint density at radius 3 is 2.68 bits per heavy atom. The van der Waals surface area contributed by atoms with Crippen LogP contribution in [0.5, 0.6) is 11.5 Å². The van der Waals surface area contributed by atoms with E-state index in [1.54, 1.807) is 24.9 Å². The highest BCUT2D eigenvalue weighted by atomic mass is 16.5. The maximum absolute atomic E-state index is 13.7. The number of urea groups is 1. The topological polar surface area (TPSA) is 79.6 Å². The summed E-state index contributed by atoms with van der Waals surface area (Å²) in [6, 6.07) is 9.64. The number of allylic oxidation sites excluding steroid dienone is 1.